The molecule has 2 heterocycles. The summed E-state index contributed by atoms with van der Waals surface area (Å²) in [5.74, 6) is -2.46. The Kier molecular flexibility index (Phi) is 12.3. The lowest BCUT2D eigenvalue weighted by Gasteiger charge is -2.24. The highest BCUT2D eigenvalue weighted by molar-refractivity contribution is 5.99. The molecule has 14 heteroatoms. The molecule has 220 valence electrons. The normalized spacial score (nSPS) is 18.0. The smallest absolute Gasteiger partial charge is 0.345 e. The van der Waals surface area contributed by atoms with E-state index in [0.29, 0.717) is 5.76 Å². The molecule has 40 heavy (non-hydrogen) atoms. The second kappa shape index (κ2) is 15.1. The molecule has 10 nitrogen and oxygen atoms in total. The average molecular weight is 574 g/mol. The highest BCUT2D eigenvalue weighted by Gasteiger charge is 2.50. The van der Waals surface area contributed by atoms with Crippen LogP contribution in [0.1, 0.15) is 35.7 Å². The van der Waals surface area contributed by atoms with Crippen molar-refractivity contribution in [3.05, 3.63) is 59.5 Å². The van der Waals surface area contributed by atoms with E-state index in [4.69, 9.17) is 9.15 Å². The molecule has 0 saturated carbocycles. The standard InChI is InChI=1S/C25H29F2N3O7.CH2F2/c1-14-9-10-19(37-14)23(34)30-18(12-35-24(26)27)22(33)28-15(2)21(32)29-17(20(31)25(3)13-36-25)11-16-7-5-4-6-8-16;2-1-3/h4-10,15,17-18,24H,11-13H2,1-3H3,(H,28,33)(H,29,32)(H,30,34);1H2/t15-,17?,18?,25?;/m0./s1. The number of benzene rings is 1. The number of alkyl halides is 4. The van der Waals surface area contributed by atoms with Crippen molar-refractivity contribution in [1.29, 1.82) is 0 Å². The van der Waals surface area contributed by atoms with Crippen molar-refractivity contribution >= 4 is 23.5 Å². The fourth-order valence-corrected chi connectivity index (χ4v) is 3.49. The van der Waals surface area contributed by atoms with E-state index in [1.807, 2.05) is 18.2 Å². The van der Waals surface area contributed by atoms with Gasteiger partial charge in [0.1, 0.15) is 23.4 Å². The molecule has 0 aliphatic carbocycles. The zero-order valence-corrected chi connectivity index (χ0v) is 22.0. The van der Waals surface area contributed by atoms with E-state index in [9.17, 15) is 36.7 Å². The van der Waals surface area contributed by atoms with Crippen molar-refractivity contribution in [2.45, 2.75) is 57.5 Å². The largest absolute Gasteiger partial charge is 0.456 e. The molecule has 1 aromatic carbocycles. The Labute approximate surface area is 227 Å². The van der Waals surface area contributed by atoms with Crippen LogP contribution in [0.15, 0.2) is 46.9 Å². The number of hydrogen-bond acceptors (Lipinski definition) is 7. The number of rotatable bonds is 13. The first-order valence-corrected chi connectivity index (χ1v) is 12.1. The van der Waals surface area contributed by atoms with Gasteiger partial charge in [0.25, 0.3) is 5.91 Å². The zero-order chi connectivity index (χ0) is 29.9. The van der Waals surface area contributed by atoms with E-state index in [-0.39, 0.29) is 24.6 Å². The number of epoxide rings is 1. The van der Waals surface area contributed by atoms with Gasteiger partial charge >= 0.3 is 6.61 Å². The molecule has 3 unspecified atom stereocenters. The van der Waals surface area contributed by atoms with E-state index in [0.717, 1.165) is 5.56 Å². The van der Waals surface area contributed by atoms with Gasteiger partial charge in [-0.3, -0.25) is 19.2 Å². The van der Waals surface area contributed by atoms with Gasteiger partial charge in [0.2, 0.25) is 18.7 Å². The average Bonchev–Trinajstić information content (AvgIpc) is 3.51. The summed E-state index contributed by atoms with van der Waals surface area (Å²) in [5.41, 5.74) is -0.187. The predicted octanol–water partition coefficient (Wildman–Crippen LogP) is 2.40. The minimum atomic E-state index is -3.19. The minimum absolute atomic E-state index is 0.129. The highest BCUT2D eigenvalue weighted by atomic mass is 19.3. The van der Waals surface area contributed by atoms with E-state index >= 15 is 0 Å². The molecule has 3 rings (SSSR count). The predicted molar refractivity (Wildman–Crippen MR) is 133 cm³/mol. The minimum Gasteiger partial charge on any atom is -0.456 e. The highest BCUT2D eigenvalue weighted by Crippen LogP contribution is 2.29. The van der Waals surface area contributed by atoms with Gasteiger partial charge in [-0.25, -0.2) is 8.78 Å². The molecule has 0 spiro atoms. The summed E-state index contributed by atoms with van der Waals surface area (Å²) >= 11 is 0. The van der Waals surface area contributed by atoms with Crippen molar-refractivity contribution < 1.29 is 50.6 Å². The number of ketones is 1. The lowest BCUT2D eigenvalue weighted by molar-refractivity contribution is -0.144. The summed E-state index contributed by atoms with van der Waals surface area (Å²) in [4.78, 5) is 51.0. The van der Waals surface area contributed by atoms with Gasteiger partial charge in [0.05, 0.1) is 19.3 Å². The molecule has 1 fully saturated rings. The Morgan fingerprint density at radius 3 is 2.12 bits per heavy atom. The summed E-state index contributed by atoms with van der Waals surface area (Å²) in [5, 5.41) is 7.26. The summed E-state index contributed by atoms with van der Waals surface area (Å²) in [6.45, 7) is -0.966. The summed E-state index contributed by atoms with van der Waals surface area (Å²) < 4.78 is 59.1. The van der Waals surface area contributed by atoms with Crippen molar-refractivity contribution in [3.63, 3.8) is 0 Å². The number of amides is 3. The third kappa shape index (κ3) is 10.1. The van der Waals surface area contributed by atoms with Crippen molar-refractivity contribution in [2.75, 3.05) is 20.1 Å². The number of furan rings is 1. The second-order valence-electron chi connectivity index (χ2n) is 9.00. The van der Waals surface area contributed by atoms with E-state index in [1.54, 1.807) is 26.0 Å². The number of halogens is 4. The monoisotopic (exact) mass is 573 g/mol. The topological polar surface area (TPSA) is 139 Å². The number of ether oxygens (including phenoxy) is 2. The van der Waals surface area contributed by atoms with Gasteiger partial charge < -0.3 is 29.8 Å². The molecule has 1 aliphatic rings. The van der Waals surface area contributed by atoms with Gasteiger partial charge in [0, 0.05) is 0 Å². The van der Waals surface area contributed by atoms with Crippen molar-refractivity contribution in [1.82, 2.24) is 16.0 Å². The van der Waals surface area contributed by atoms with Crippen LogP contribution >= 0.6 is 0 Å². The maximum atomic E-state index is 13.0. The van der Waals surface area contributed by atoms with Crippen LogP contribution in [-0.2, 0) is 30.3 Å². The number of Topliss-reactive ketones (excluding diaryl/α,β-unsaturated/α-hetero) is 1. The maximum Gasteiger partial charge on any atom is 0.345 e. The first-order valence-electron chi connectivity index (χ1n) is 12.1. The second-order valence-corrected chi connectivity index (χ2v) is 9.00. The third-order valence-corrected chi connectivity index (χ3v) is 5.74. The SMILES string of the molecule is Cc1ccc(C(=O)NC(COC(F)F)C(=O)N[C@@H](C)C(=O)NC(Cc2ccccc2)C(=O)C2(C)CO2)o1.FCF. The van der Waals surface area contributed by atoms with E-state index < -0.39 is 61.6 Å². The Bertz CT molecular complexity index is 1140. The van der Waals surface area contributed by atoms with Gasteiger partial charge in [-0.1, -0.05) is 30.3 Å². The lowest BCUT2D eigenvalue weighted by atomic mass is 9.94. The number of hydrogen-bond donors (Lipinski definition) is 3. The van der Waals surface area contributed by atoms with Crippen LogP contribution in [-0.4, -0.2) is 74.0 Å². The first-order chi connectivity index (χ1) is 18.9. The van der Waals surface area contributed by atoms with Gasteiger partial charge in [0.15, 0.2) is 11.5 Å². The number of carbonyl (C=O) groups excluding carboxylic acids is 4. The molecule has 0 radical (unpaired) electrons. The molecular formula is C26H31F4N3O7. The number of carbonyl (C=O) groups is 4. The molecule has 1 aromatic heterocycles. The van der Waals surface area contributed by atoms with Crippen LogP contribution in [0.2, 0.25) is 0 Å². The Hall–Kier alpha value is -3.78. The summed E-state index contributed by atoms with van der Waals surface area (Å²) in [6.07, 6.45) is 0.203. The van der Waals surface area contributed by atoms with Gasteiger partial charge in [-0.15, -0.1) is 0 Å². The molecule has 3 amide bonds. The molecule has 4 atom stereocenters. The van der Waals surface area contributed by atoms with Crippen LogP contribution < -0.4 is 16.0 Å². The van der Waals surface area contributed by atoms with Crippen LogP contribution in [0.3, 0.4) is 0 Å². The van der Waals surface area contributed by atoms with Crippen LogP contribution in [0, 0.1) is 6.92 Å². The van der Waals surface area contributed by atoms with Crippen molar-refractivity contribution in [3.8, 4) is 0 Å². The summed E-state index contributed by atoms with van der Waals surface area (Å²) in [7, 11) is 0. The molecule has 2 aromatic rings. The Morgan fingerprint density at radius 2 is 1.60 bits per heavy atom. The number of aryl methyl sites for hydroxylation is 1. The van der Waals surface area contributed by atoms with Crippen molar-refractivity contribution in [2.24, 2.45) is 0 Å². The molecule has 0 bridgehead atoms. The lowest BCUT2D eigenvalue weighted by Crippen LogP contribution is -2.57. The van der Waals surface area contributed by atoms with Crippen LogP contribution in [0.5, 0.6) is 0 Å². The molecule has 3 N–H and O–H groups in total. The van der Waals surface area contributed by atoms with Crippen LogP contribution in [0.4, 0.5) is 17.6 Å². The zero-order valence-electron chi connectivity index (χ0n) is 22.0. The van der Waals surface area contributed by atoms with E-state index in [2.05, 4.69) is 20.7 Å². The molecule has 1 aliphatic heterocycles. The maximum absolute atomic E-state index is 13.0. The Morgan fingerprint density at radius 1 is 0.975 bits per heavy atom. The van der Waals surface area contributed by atoms with Gasteiger partial charge in [-0.2, -0.15) is 8.78 Å². The fourth-order valence-electron chi connectivity index (χ4n) is 3.49. The number of nitrogens with one attached hydrogen (secondary N) is 3. The Balaban J connectivity index is 0.00000178. The molecule has 1 saturated heterocycles. The molecular weight excluding hydrogens is 542 g/mol. The van der Waals surface area contributed by atoms with Crippen LogP contribution in [0.25, 0.3) is 0 Å². The summed E-state index contributed by atoms with van der Waals surface area (Å²) in [6, 6.07) is 8.27. The van der Waals surface area contributed by atoms with Gasteiger partial charge in [-0.05, 0) is 44.9 Å². The fraction of sp³-hybridized carbons (Fsp3) is 0.462. The quantitative estimate of drug-likeness (QED) is 0.247. The first kappa shape index (κ1) is 32.4. The van der Waals surface area contributed by atoms with E-state index in [1.165, 1.54) is 19.1 Å². The third-order valence-electron chi connectivity index (χ3n) is 5.74.